The highest BCUT2D eigenvalue weighted by Gasteiger charge is 2.36. The summed E-state index contributed by atoms with van der Waals surface area (Å²) >= 11 is 7.77. The molecule has 3 rings (SSSR count). The second-order valence-electron chi connectivity index (χ2n) is 5.08. The van der Waals surface area contributed by atoms with Gasteiger partial charge in [0.2, 0.25) is 0 Å². The summed E-state index contributed by atoms with van der Waals surface area (Å²) in [6, 6.07) is 3.31. The first-order valence-electron chi connectivity index (χ1n) is 6.95. The van der Waals surface area contributed by atoms with Crippen LogP contribution in [0.4, 0.5) is 17.6 Å². The van der Waals surface area contributed by atoms with Gasteiger partial charge in [-0.25, -0.2) is 14.1 Å². The number of fused-ring (bicyclic) bond motifs is 1. The van der Waals surface area contributed by atoms with Crippen molar-refractivity contribution in [3.05, 3.63) is 44.6 Å². The number of pyridine rings is 1. The van der Waals surface area contributed by atoms with Gasteiger partial charge < -0.3 is 9.47 Å². The average Bonchev–Trinajstić information content (AvgIpc) is 2.89. The first-order chi connectivity index (χ1) is 12.2. The van der Waals surface area contributed by atoms with Crippen LogP contribution in [0.15, 0.2) is 24.4 Å². The molecule has 2 heterocycles. The number of hydrogen-bond acceptors (Lipinski definition) is 4. The number of methoxy groups -OCH3 is 1. The Kier molecular flexibility index (Phi) is 5.26. The van der Waals surface area contributed by atoms with E-state index in [4.69, 9.17) is 16.3 Å². The molecule has 0 N–H and O–H groups in total. The SMILES string of the molecule is COCOc1cc(-n2nc(I)c3cc(Cl)ncc32)cc(C(F)(F)F)c1F. The van der Waals surface area contributed by atoms with Crippen LogP contribution >= 0.6 is 34.2 Å². The van der Waals surface area contributed by atoms with Gasteiger partial charge >= 0.3 is 6.18 Å². The molecular formula is C15H9ClF4IN3O2. The smallest absolute Gasteiger partial charge is 0.419 e. The monoisotopic (exact) mass is 501 g/mol. The van der Waals surface area contributed by atoms with Crippen LogP contribution in [-0.2, 0) is 10.9 Å². The fraction of sp³-hybridized carbons (Fsp3) is 0.200. The predicted octanol–water partition coefficient (Wildman–Crippen LogP) is 4.82. The molecule has 0 radical (unpaired) electrons. The minimum absolute atomic E-state index is 0.0399. The van der Waals surface area contributed by atoms with Crippen LogP contribution in [0.3, 0.4) is 0 Å². The molecule has 0 aliphatic rings. The minimum Gasteiger partial charge on any atom is -0.464 e. The van der Waals surface area contributed by atoms with Crippen LogP contribution in [0.2, 0.25) is 5.15 Å². The number of alkyl halides is 3. The topological polar surface area (TPSA) is 49.2 Å². The number of aromatic nitrogens is 3. The number of ether oxygens (including phenoxy) is 2. The first-order valence-corrected chi connectivity index (χ1v) is 8.40. The van der Waals surface area contributed by atoms with Crippen molar-refractivity contribution in [2.24, 2.45) is 0 Å². The van der Waals surface area contributed by atoms with E-state index in [1.165, 1.54) is 18.0 Å². The van der Waals surface area contributed by atoms with Gasteiger partial charge in [-0.3, -0.25) is 0 Å². The van der Waals surface area contributed by atoms with Gasteiger partial charge in [-0.05, 0) is 34.7 Å². The molecule has 138 valence electrons. The van der Waals surface area contributed by atoms with E-state index in [-0.39, 0.29) is 10.8 Å². The highest BCUT2D eigenvalue weighted by atomic mass is 127. The van der Waals surface area contributed by atoms with E-state index in [1.807, 2.05) is 22.6 Å². The van der Waals surface area contributed by atoms with Gasteiger partial charge in [0.05, 0.1) is 23.0 Å². The van der Waals surface area contributed by atoms with Gasteiger partial charge in [-0.1, -0.05) is 11.6 Å². The Morgan fingerprint density at radius 3 is 2.65 bits per heavy atom. The maximum absolute atomic E-state index is 14.2. The molecule has 0 aliphatic carbocycles. The molecular weight excluding hydrogens is 493 g/mol. The molecule has 26 heavy (non-hydrogen) atoms. The van der Waals surface area contributed by atoms with Crippen molar-refractivity contribution in [3.8, 4) is 11.4 Å². The van der Waals surface area contributed by atoms with Crippen molar-refractivity contribution in [2.75, 3.05) is 13.9 Å². The summed E-state index contributed by atoms with van der Waals surface area (Å²) in [5.41, 5.74) is -1.10. The van der Waals surface area contributed by atoms with Gasteiger partial charge in [0, 0.05) is 18.6 Å². The summed E-state index contributed by atoms with van der Waals surface area (Å²) in [6.45, 7) is -0.410. The second-order valence-corrected chi connectivity index (χ2v) is 6.49. The Balaban J connectivity index is 2.25. The number of nitrogens with zero attached hydrogens (tertiary/aromatic N) is 3. The van der Waals surface area contributed by atoms with E-state index in [9.17, 15) is 17.6 Å². The summed E-state index contributed by atoms with van der Waals surface area (Å²) in [5.74, 6) is -2.12. The average molecular weight is 502 g/mol. The molecule has 0 bridgehead atoms. The third-order valence-corrected chi connectivity index (χ3v) is 4.40. The molecule has 0 fully saturated rings. The van der Waals surface area contributed by atoms with Crippen LogP contribution in [0.1, 0.15) is 5.56 Å². The lowest BCUT2D eigenvalue weighted by molar-refractivity contribution is -0.140. The fourth-order valence-corrected chi connectivity index (χ4v) is 3.09. The van der Waals surface area contributed by atoms with E-state index < -0.39 is 30.1 Å². The highest BCUT2D eigenvalue weighted by Crippen LogP contribution is 2.37. The van der Waals surface area contributed by atoms with Crippen molar-refractivity contribution in [3.63, 3.8) is 0 Å². The van der Waals surface area contributed by atoms with Crippen molar-refractivity contribution in [2.45, 2.75) is 6.18 Å². The van der Waals surface area contributed by atoms with Crippen LogP contribution in [-0.4, -0.2) is 28.7 Å². The Hall–Kier alpha value is -1.66. The predicted molar refractivity (Wildman–Crippen MR) is 94.1 cm³/mol. The lowest BCUT2D eigenvalue weighted by Crippen LogP contribution is -2.12. The fourth-order valence-electron chi connectivity index (χ4n) is 2.29. The molecule has 0 unspecified atom stereocenters. The molecule has 5 nitrogen and oxygen atoms in total. The standard InChI is InChI=1S/C15H9ClF4IN3O2/c1-25-6-26-11-3-7(2-9(13(11)17)15(18,19)20)24-10-5-22-12(16)4-8(10)14(21)23-24/h2-5H,6H2,1H3. The largest absolute Gasteiger partial charge is 0.464 e. The van der Waals surface area contributed by atoms with Crippen LogP contribution < -0.4 is 4.74 Å². The summed E-state index contributed by atoms with van der Waals surface area (Å²) in [4.78, 5) is 3.92. The summed E-state index contributed by atoms with van der Waals surface area (Å²) < 4.78 is 65.2. The maximum atomic E-state index is 14.2. The van der Waals surface area contributed by atoms with Crippen molar-refractivity contribution in [1.29, 1.82) is 0 Å². The number of benzene rings is 1. The van der Waals surface area contributed by atoms with Crippen molar-refractivity contribution >= 4 is 45.1 Å². The molecule has 0 saturated heterocycles. The Morgan fingerprint density at radius 2 is 2.00 bits per heavy atom. The van der Waals surface area contributed by atoms with Crippen molar-refractivity contribution in [1.82, 2.24) is 14.8 Å². The molecule has 1 aromatic carbocycles. The normalized spacial score (nSPS) is 12.0. The van der Waals surface area contributed by atoms with Crippen molar-refractivity contribution < 1.29 is 27.0 Å². The van der Waals surface area contributed by atoms with Gasteiger partial charge in [0.1, 0.15) is 8.85 Å². The Bertz CT molecular complexity index is 978. The van der Waals surface area contributed by atoms with E-state index in [2.05, 4.69) is 14.8 Å². The van der Waals surface area contributed by atoms with Gasteiger partial charge in [-0.2, -0.15) is 18.3 Å². The molecule has 0 amide bonds. The Morgan fingerprint density at radius 1 is 1.27 bits per heavy atom. The molecule has 0 spiro atoms. The zero-order valence-corrected chi connectivity index (χ0v) is 15.9. The lowest BCUT2D eigenvalue weighted by atomic mass is 10.1. The van der Waals surface area contributed by atoms with E-state index in [0.717, 1.165) is 6.07 Å². The number of halogens is 6. The summed E-state index contributed by atoms with van der Waals surface area (Å²) in [6.07, 6.45) is -3.54. The summed E-state index contributed by atoms with van der Waals surface area (Å²) in [5, 5.41) is 5.02. The second kappa shape index (κ2) is 7.16. The lowest BCUT2D eigenvalue weighted by Gasteiger charge is -2.15. The molecule has 3 aromatic rings. The third kappa shape index (κ3) is 3.58. The van der Waals surface area contributed by atoms with Gasteiger partial charge in [0.15, 0.2) is 18.4 Å². The van der Waals surface area contributed by atoms with Gasteiger partial charge in [-0.15, -0.1) is 0 Å². The van der Waals surface area contributed by atoms with Crippen LogP contribution in [0, 0.1) is 9.52 Å². The number of rotatable bonds is 4. The first kappa shape index (κ1) is 19.1. The zero-order chi connectivity index (χ0) is 19.1. The van der Waals surface area contributed by atoms with Gasteiger partial charge in [0.25, 0.3) is 0 Å². The summed E-state index contributed by atoms with van der Waals surface area (Å²) in [7, 11) is 1.27. The molecule has 11 heteroatoms. The number of hydrogen-bond donors (Lipinski definition) is 0. The van der Waals surface area contributed by atoms with Crippen LogP contribution in [0.25, 0.3) is 16.6 Å². The van der Waals surface area contributed by atoms with E-state index in [1.54, 1.807) is 6.07 Å². The van der Waals surface area contributed by atoms with Crippen LogP contribution in [0.5, 0.6) is 5.75 Å². The zero-order valence-electron chi connectivity index (χ0n) is 12.9. The molecule has 0 atom stereocenters. The quantitative estimate of drug-likeness (QED) is 0.223. The van der Waals surface area contributed by atoms with E-state index in [0.29, 0.717) is 20.7 Å². The highest BCUT2D eigenvalue weighted by molar-refractivity contribution is 14.1. The molecule has 2 aromatic heterocycles. The third-order valence-electron chi connectivity index (χ3n) is 3.39. The molecule has 0 saturated carbocycles. The molecule has 0 aliphatic heterocycles. The minimum atomic E-state index is -4.91. The van der Waals surface area contributed by atoms with E-state index >= 15 is 0 Å². The Labute approximate surface area is 163 Å². The maximum Gasteiger partial charge on any atom is 0.419 e.